The number of hydrogen-bond acceptors (Lipinski definition) is 7. The van der Waals surface area contributed by atoms with Crippen LogP contribution in [-0.2, 0) is 16.1 Å². The molecule has 1 N–H and O–H groups in total. The van der Waals surface area contributed by atoms with E-state index in [2.05, 4.69) is 15.3 Å². The number of aryl methyl sites for hydroxylation is 1. The fraction of sp³-hybridized carbons (Fsp3) is 0.364. The number of anilines is 2. The molecule has 0 atom stereocenters. The first-order valence-corrected chi connectivity index (χ1v) is 10.9. The van der Waals surface area contributed by atoms with E-state index >= 15 is 0 Å². The molecule has 3 heterocycles. The SMILES string of the molecule is CCOC(=O)c1sc2ncnc(NCc3cccc(N4CCCCC4=O)c3)c2c1C. The van der Waals surface area contributed by atoms with Crippen molar-refractivity contribution in [2.75, 3.05) is 23.4 Å². The Morgan fingerprint density at radius 1 is 1.30 bits per heavy atom. The lowest BCUT2D eigenvalue weighted by Crippen LogP contribution is -2.35. The number of benzene rings is 1. The van der Waals surface area contributed by atoms with Crippen molar-refractivity contribution in [2.24, 2.45) is 0 Å². The van der Waals surface area contributed by atoms with Crippen LogP contribution in [0.5, 0.6) is 0 Å². The van der Waals surface area contributed by atoms with Gasteiger partial charge >= 0.3 is 5.97 Å². The van der Waals surface area contributed by atoms with Crippen LogP contribution >= 0.6 is 11.3 Å². The number of rotatable bonds is 6. The van der Waals surface area contributed by atoms with Crippen LogP contribution in [0.25, 0.3) is 10.2 Å². The average molecular weight is 425 g/mol. The van der Waals surface area contributed by atoms with Crippen LogP contribution in [0.4, 0.5) is 11.5 Å². The second kappa shape index (κ2) is 8.79. The van der Waals surface area contributed by atoms with E-state index in [0.29, 0.717) is 30.3 Å². The Morgan fingerprint density at radius 2 is 2.17 bits per heavy atom. The first-order chi connectivity index (χ1) is 14.6. The Labute approximate surface area is 179 Å². The molecule has 0 radical (unpaired) electrons. The summed E-state index contributed by atoms with van der Waals surface area (Å²) >= 11 is 1.32. The zero-order valence-corrected chi connectivity index (χ0v) is 17.9. The quantitative estimate of drug-likeness (QED) is 0.594. The van der Waals surface area contributed by atoms with Gasteiger partial charge in [-0.15, -0.1) is 11.3 Å². The third-order valence-corrected chi connectivity index (χ3v) is 6.37. The van der Waals surface area contributed by atoms with E-state index in [4.69, 9.17) is 4.74 Å². The van der Waals surface area contributed by atoms with Crippen molar-refractivity contribution >= 4 is 44.9 Å². The Balaban J connectivity index is 1.56. The van der Waals surface area contributed by atoms with Crippen LogP contribution in [0, 0.1) is 6.92 Å². The van der Waals surface area contributed by atoms with Crippen LogP contribution in [0.3, 0.4) is 0 Å². The van der Waals surface area contributed by atoms with Crippen LogP contribution in [0.1, 0.15) is 47.0 Å². The number of fused-ring (bicyclic) bond motifs is 1. The van der Waals surface area contributed by atoms with Crippen molar-refractivity contribution in [3.05, 3.63) is 46.6 Å². The highest BCUT2D eigenvalue weighted by Crippen LogP contribution is 2.34. The van der Waals surface area contributed by atoms with Gasteiger partial charge < -0.3 is 15.0 Å². The number of hydrogen-bond donors (Lipinski definition) is 1. The summed E-state index contributed by atoms with van der Waals surface area (Å²) in [5, 5.41) is 4.21. The zero-order chi connectivity index (χ0) is 21.1. The second-order valence-corrected chi connectivity index (χ2v) is 8.20. The summed E-state index contributed by atoms with van der Waals surface area (Å²) in [4.78, 5) is 36.3. The summed E-state index contributed by atoms with van der Waals surface area (Å²) in [5.74, 6) is 0.538. The van der Waals surface area contributed by atoms with Crippen LogP contribution in [0.15, 0.2) is 30.6 Å². The lowest BCUT2D eigenvalue weighted by Gasteiger charge is -2.27. The van der Waals surface area contributed by atoms with E-state index in [1.165, 1.54) is 17.7 Å². The van der Waals surface area contributed by atoms with Gasteiger partial charge in [0.2, 0.25) is 5.91 Å². The van der Waals surface area contributed by atoms with Crippen LogP contribution < -0.4 is 10.2 Å². The summed E-state index contributed by atoms with van der Waals surface area (Å²) < 4.78 is 5.16. The van der Waals surface area contributed by atoms with Crippen molar-refractivity contribution in [1.82, 2.24) is 9.97 Å². The molecule has 0 aliphatic carbocycles. The number of nitrogens with one attached hydrogen (secondary N) is 1. The monoisotopic (exact) mass is 424 g/mol. The van der Waals surface area contributed by atoms with Crippen molar-refractivity contribution in [3.8, 4) is 0 Å². The first-order valence-electron chi connectivity index (χ1n) is 10.1. The van der Waals surface area contributed by atoms with Gasteiger partial charge in [0.25, 0.3) is 0 Å². The second-order valence-electron chi connectivity index (χ2n) is 7.21. The van der Waals surface area contributed by atoms with Crippen molar-refractivity contribution < 1.29 is 14.3 Å². The molecule has 2 aromatic heterocycles. The number of nitrogens with zero attached hydrogens (tertiary/aromatic N) is 3. The lowest BCUT2D eigenvalue weighted by molar-refractivity contribution is -0.119. The molecule has 1 fully saturated rings. The predicted molar refractivity (Wildman–Crippen MR) is 118 cm³/mol. The highest BCUT2D eigenvalue weighted by atomic mass is 32.1. The fourth-order valence-electron chi connectivity index (χ4n) is 3.70. The van der Waals surface area contributed by atoms with E-state index in [9.17, 15) is 9.59 Å². The molecular weight excluding hydrogens is 400 g/mol. The van der Waals surface area contributed by atoms with E-state index in [1.807, 2.05) is 36.1 Å². The molecule has 4 rings (SSSR count). The number of ether oxygens (including phenoxy) is 1. The smallest absolute Gasteiger partial charge is 0.348 e. The maximum atomic E-state index is 12.2. The maximum absolute atomic E-state index is 12.2. The normalized spacial score (nSPS) is 14.2. The van der Waals surface area contributed by atoms with Crippen molar-refractivity contribution in [1.29, 1.82) is 0 Å². The van der Waals surface area contributed by atoms with Crippen molar-refractivity contribution in [3.63, 3.8) is 0 Å². The number of esters is 1. The Bertz CT molecular complexity index is 1100. The van der Waals surface area contributed by atoms with Gasteiger partial charge in [-0.05, 0) is 49.9 Å². The van der Waals surface area contributed by atoms with Gasteiger partial charge in [0.1, 0.15) is 21.9 Å². The number of carbonyl (C=O) groups excluding carboxylic acids is 2. The molecule has 30 heavy (non-hydrogen) atoms. The number of aromatic nitrogens is 2. The molecule has 8 heteroatoms. The summed E-state index contributed by atoms with van der Waals surface area (Å²) in [6.45, 7) is 5.33. The summed E-state index contributed by atoms with van der Waals surface area (Å²) in [6.07, 6.45) is 4.11. The maximum Gasteiger partial charge on any atom is 0.348 e. The first kappa shape index (κ1) is 20.3. The summed E-state index contributed by atoms with van der Waals surface area (Å²) in [5.41, 5.74) is 2.81. The number of carbonyl (C=O) groups is 2. The molecule has 1 amide bonds. The number of amides is 1. The Hall–Kier alpha value is -3.00. The molecule has 0 bridgehead atoms. The fourth-order valence-corrected chi connectivity index (χ4v) is 4.74. The highest BCUT2D eigenvalue weighted by molar-refractivity contribution is 7.20. The number of piperidine rings is 1. The number of thiophene rings is 1. The molecule has 1 aromatic carbocycles. The van der Waals surface area contributed by atoms with Crippen molar-refractivity contribution in [2.45, 2.75) is 39.7 Å². The summed E-state index contributed by atoms with van der Waals surface area (Å²) in [7, 11) is 0. The largest absolute Gasteiger partial charge is 0.462 e. The van der Waals surface area contributed by atoms with Gasteiger partial charge in [-0.2, -0.15) is 0 Å². The predicted octanol–water partition coefficient (Wildman–Crippen LogP) is 4.31. The molecule has 1 saturated heterocycles. The molecule has 156 valence electrons. The summed E-state index contributed by atoms with van der Waals surface area (Å²) in [6, 6.07) is 8.01. The van der Waals surface area contributed by atoms with Gasteiger partial charge in [0, 0.05) is 25.2 Å². The van der Waals surface area contributed by atoms with Crippen LogP contribution in [-0.4, -0.2) is 35.0 Å². The minimum Gasteiger partial charge on any atom is -0.462 e. The Kier molecular flexibility index (Phi) is 5.94. The topological polar surface area (TPSA) is 84.4 Å². The Morgan fingerprint density at radius 3 is 2.97 bits per heavy atom. The lowest BCUT2D eigenvalue weighted by atomic mass is 10.1. The zero-order valence-electron chi connectivity index (χ0n) is 17.1. The van der Waals surface area contributed by atoms with Gasteiger partial charge in [-0.3, -0.25) is 4.79 Å². The third-order valence-electron chi connectivity index (χ3n) is 5.19. The van der Waals surface area contributed by atoms with Gasteiger partial charge in [0.05, 0.1) is 12.0 Å². The molecule has 0 unspecified atom stereocenters. The van der Waals surface area contributed by atoms with E-state index < -0.39 is 0 Å². The molecular formula is C22H24N4O3S. The van der Waals surface area contributed by atoms with Gasteiger partial charge in [-0.1, -0.05) is 12.1 Å². The van der Waals surface area contributed by atoms with E-state index in [1.54, 1.807) is 6.92 Å². The third kappa shape index (κ3) is 4.00. The van der Waals surface area contributed by atoms with E-state index in [-0.39, 0.29) is 11.9 Å². The molecule has 1 aliphatic rings. The minimum absolute atomic E-state index is 0.185. The standard InChI is InChI=1S/C22H24N4O3S/c1-3-29-22(28)19-14(2)18-20(24-13-25-21(18)30-19)23-12-15-7-6-8-16(11-15)26-10-5-4-9-17(26)27/h6-8,11,13H,3-5,9-10,12H2,1-2H3,(H,23,24,25). The van der Waals surface area contributed by atoms with Crippen LogP contribution in [0.2, 0.25) is 0 Å². The average Bonchev–Trinajstić information content (AvgIpc) is 3.10. The molecule has 7 nitrogen and oxygen atoms in total. The highest BCUT2D eigenvalue weighted by Gasteiger charge is 2.21. The van der Waals surface area contributed by atoms with Gasteiger partial charge in [0.15, 0.2) is 0 Å². The molecule has 0 saturated carbocycles. The molecule has 3 aromatic rings. The molecule has 1 aliphatic heterocycles. The van der Waals surface area contributed by atoms with Gasteiger partial charge in [-0.25, -0.2) is 14.8 Å². The minimum atomic E-state index is -0.331. The van der Waals surface area contributed by atoms with E-state index in [0.717, 1.165) is 46.4 Å². The molecule has 0 spiro atoms.